The van der Waals surface area contributed by atoms with Gasteiger partial charge in [0.1, 0.15) is 5.76 Å². The zero-order valence-electron chi connectivity index (χ0n) is 16.7. The molecule has 1 aliphatic rings. The van der Waals surface area contributed by atoms with Crippen molar-refractivity contribution in [2.24, 2.45) is 23.7 Å². The Bertz CT molecular complexity index is 530. The lowest BCUT2D eigenvalue weighted by atomic mass is 9.77. The lowest BCUT2D eigenvalue weighted by molar-refractivity contribution is -0.118. The van der Waals surface area contributed by atoms with Crippen molar-refractivity contribution in [3.05, 3.63) is 23.5 Å². The number of allylic oxidation sites excluding steroid dienone is 1. The van der Waals surface area contributed by atoms with E-state index in [1.807, 2.05) is 13.8 Å². The zero-order chi connectivity index (χ0) is 19.5. The molecule has 4 nitrogen and oxygen atoms in total. The first kappa shape index (κ1) is 21.9. The van der Waals surface area contributed by atoms with Gasteiger partial charge in [-0.1, -0.05) is 54.5 Å². The lowest BCUT2D eigenvalue weighted by Gasteiger charge is -2.36. The fraction of sp³-hybridized carbons (Fsp3) is 0.762. The number of aliphatic hydroxyl groups excluding tert-OH is 2. The molecular weight excluding hydrogens is 316 g/mol. The predicted molar refractivity (Wildman–Crippen MR) is 101 cm³/mol. The maximum absolute atomic E-state index is 12.6. The van der Waals surface area contributed by atoms with Crippen molar-refractivity contribution in [3.8, 4) is 0 Å². The van der Waals surface area contributed by atoms with E-state index >= 15 is 0 Å². The molecule has 0 aromatic heterocycles. The number of aliphatic hydroxyl groups is 3. The van der Waals surface area contributed by atoms with E-state index in [9.17, 15) is 20.1 Å². The third-order valence-electron chi connectivity index (χ3n) is 5.22. The average Bonchev–Trinajstić information content (AvgIpc) is 2.69. The van der Waals surface area contributed by atoms with Crippen molar-refractivity contribution in [1.82, 2.24) is 0 Å². The highest BCUT2D eigenvalue weighted by atomic mass is 16.4. The van der Waals surface area contributed by atoms with Crippen molar-refractivity contribution < 1.29 is 20.1 Å². The van der Waals surface area contributed by atoms with E-state index in [1.54, 1.807) is 13.8 Å². The Hall–Kier alpha value is -1.13. The summed E-state index contributed by atoms with van der Waals surface area (Å²) < 4.78 is 0. The van der Waals surface area contributed by atoms with Crippen LogP contribution in [-0.4, -0.2) is 32.8 Å². The van der Waals surface area contributed by atoms with Crippen LogP contribution >= 0.6 is 0 Å². The number of ketones is 1. The van der Waals surface area contributed by atoms with Gasteiger partial charge in [-0.15, -0.1) is 0 Å². The van der Waals surface area contributed by atoms with Gasteiger partial charge in [-0.2, -0.15) is 0 Å². The maximum atomic E-state index is 12.6. The van der Waals surface area contributed by atoms with Gasteiger partial charge in [0.05, 0.1) is 11.7 Å². The number of hydrogen-bond acceptors (Lipinski definition) is 4. The van der Waals surface area contributed by atoms with Gasteiger partial charge in [0.2, 0.25) is 0 Å². The molecule has 1 unspecified atom stereocenters. The van der Waals surface area contributed by atoms with Crippen LogP contribution in [0.1, 0.15) is 67.2 Å². The lowest BCUT2D eigenvalue weighted by Crippen LogP contribution is -2.48. The molecule has 0 aliphatic heterocycles. The van der Waals surface area contributed by atoms with Crippen LogP contribution in [-0.2, 0) is 4.79 Å². The third kappa shape index (κ3) is 4.53. The molecular formula is C21H36O4. The van der Waals surface area contributed by atoms with Gasteiger partial charge in [0.25, 0.3) is 0 Å². The van der Waals surface area contributed by atoms with Crippen molar-refractivity contribution in [3.63, 3.8) is 0 Å². The van der Waals surface area contributed by atoms with Crippen LogP contribution in [0.4, 0.5) is 0 Å². The quantitative estimate of drug-likeness (QED) is 0.582. The summed E-state index contributed by atoms with van der Waals surface area (Å²) >= 11 is 0. The normalized spacial score (nSPS) is 25.6. The molecule has 144 valence electrons. The van der Waals surface area contributed by atoms with Gasteiger partial charge in [-0.05, 0) is 36.7 Å². The Balaban J connectivity index is 3.27. The van der Waals surface area contributed by atoms with E-state index < -0.39 is 17.6 Å². The molecule has 0 fully saturated rings. The van der Waals surface area contributed by atoms with E-state index in [4.69, 9.17) is 0 Å². The van der Waals surface area contributed by atoms with Crippen molar-refractivity contribution in [2.75, 3.05) is 0 Å². The summed E-state index contributed by atoms with van der Waals surface area (Å²) in [5.41, 5.74) is -1.24. The molecule has 0 amide bonds. The second kappa shape index (κ2) is 8.50. The third-order valence-corrected chi connectivity index (χ3v) is 5.22. The molecule has 25 heavy (non-hydrogen) atoms. The smallest absolute Gasteiger partial charge is 0.169 e. The Morgan fingerprint density at radius 1 is 1.08 bits per heavy atom. The highest BCUT2D eigenvalue weighted by molar-refractivity contribution is 6.02. The van der Waals surface area contributed by atoms with Crippen LogP contribution in [0.5, 0.6) is 0 Å². The van der Waals surface area contributed by atoms with Crippen molar-refractivity contribution >= 4 is 5.78 Å². The van der Waals surface area contributed by atoms with E-state index in [1.165, 1.54) is 0 Å². The molecule has 3 N–H and O–H groups in total. The summed E-state index contributed by atoms with van der Waals surface area (Å²) in [6, 6.07) is 0. The fourth-order valence-electron chi connectivity index (χ4n) is 3.52. The Morgan fingerprint density at radius 3 is 2.04 bits per heavy atom. The zero-order valence-corrected chi connectivity index (χ0v) is 16.7. The monoisotopic (exact) mass is 352 g/mol. The summed E-state index contributed by atoms with van der Waals surface area (Å²) in [5.74, 6) is -0.675. The van der Waals surface area contributed by atoms with Crippen LogP contribution in [0, 0.1) is 23.7 Å². The molecule has 0 bridgehead atoms. The predicted octanol–water partition coefficient (Wildman–Crippen LogP) is 4.17. The first-order valence-electron chi connectivity index (χ1n) is 9.51. The molecule has 1 rings (SSSR count). The second-order valence-electron chi connectivity index (χ2n) is 8.60. The van der Waals surface area contributed by atoms with Gasteiger partial charge in [-0.25, -0.2) is 0 Å². The first-order valence-corrected chi connectivity index (χ1v) is 9.51. The Kier molecular flexibility index (Phi) is 7.45. The standard InChI is InChI=1S/C21H36O4/c1-12(2)8-10-16-15(7)18(19(23)14(5)6)20(24)21(16,25)17(22)11-9-13(3)4/h12-14,16-17,22,24-25H,7-11H2,1-6H3/t16?,17-,21-/m0/s1. The maximum Gasteiger partial charge on any atom is 0.169 e. The average molecular weight is 353 g/mol. The minimum Gasteiger partial charge on any atom is -0.508 e. The first-order chi connectivity index (χ1) is 11.4. The molecule has 3 atom stereocenters. The topological polar surface area (TPSA) is 77.8 Å². The molecule has 0 spiro atoms. The number of hydrogen-bond donors (Lipinski definition) is 3. The number of carbonyl (C=O) groups is 1. The van der Waals surface area contributed by atoms with E-state index in [2.05, 4.69) is 20.4 Å². The van der Waals surface area contributed by atoms with Gasteiger partial charge in [0.15, 0.2) is 11.4 Å². The minimum absolute atomic E-state index is 0.120. The summed E-state index contributed by atoms with van der Waals surface area (Å²) in [7, 11) is 0. The second-order valence-corrected chi connectivity index (χ2v) is 8.60. The Labute approximate surface area is 152 Å². The van der Waals surface area contributed by atoms with Crippen LogP contribution in [0.3, 0.4) is 0 Å². The molecule has 0 saturated carbocycles. The van der Waals surface area contributed by atoms with Gasteiger partial charge in [0, 0.05) is 11.8 Å². The largest absolute Gasteiger partial charge is 0.508 e. The number of carbonyl (C=O) groups excluding carboxylic acids is 1. The molecule has 0 aromatic carbocycles. The molecule has 4 heteroatoms. The number of Topliss-reactive ketones (excluding diaryl/α,β-unsaturated/α-hetero) is 1. The molecule has 0 heterocycles. The van der Waals surface area contributed by atoms with Gasteiger partial charge < -0.3 is 15.3 Å². The van der Waals surface area contributed by atoms with Crippen molar-refractivity contribution in [2.45, 2.75) is 78.9 Å². The molecule has 0 saturated heterocycles. The molecule has 0 radical (unpaired) electrons. The SMILES string of the molecule is C=C1C(C(=O)C(C)C)=C(O)[C@@](O)([C@@H](O)CCC(C)C)C1CCC(C)C. The van der Waals surface area contributed by atoms with E-state index in [0.717, 1.165) is 12.8 Å². The summed E-state index contributed by atoms with van der Waals surface area (Å²) in [4.78, 5) is 12.6. The molecule has 1 aliphatic carbocycles. The van der Waals surface area contributed by atoms with E-state index in [-0.39, 0.29) is 23.0 Å². The van der Waals surface area contributed by atoms with Crippen molar-refractivity contribution in [1.29, 1.82) is 0 Å². The highest BCUT2D eigenvalue weighted by Crippen LogP contribution is 2.48. The van der Waals surface area contributed by atoms with Crippen LogP contribution in [0.25, 0.3) is 0 Å². The summed E-state index contributed by atoms with van der Waals surface area (Å²) in [6.45, 7) is 15.8. The highest BCUT2D eigenvalue weighted by Gasteiger charge is 2.55. The molecule has 0 aromatic rings. The fourth-order valence-corrected chi connectivity index (χ4v) is 3.52. The Morgan fingerprint density at radius 2 is 1.60 bits per heavy atom. The van der Waals surface area contributed by atoms with Crippen LogP contribution in [0.2, 0.25) is 0 Å². The summed E-state index contributed by atoms with van der Waals surface area (Å²) in [5, 5.41) is 32.8. The number of rotatable bonds is 9. The van der Waals surface area contributed by atoms with Crippen LogP contribution < -0.4 is 0 Å². The summed E-state index contributed by atoms with van der Waals surface area (Å²) in [6.07, 6.45) is 1.37. The van der Waals surface area contributed by atoms with Gasteiger partial charge >= 0.3 is 0 Å². The van der Waals surface area contributed by atoms with Crippen LogP contribution in [0.15, 0.2) is 23.5 Å². The minimum atomic E-state index is -1.82. The van der Waals surface area contributed by atoms with E-state index in [0.29, 0.717) is 30.3 Å². The van der Waals surface area contributed by atoms with Gasteiger partial charge in [-0.3, -0.25) is 4.79 Å².